The highest BCUT2D eigenvalue weighted by Gasteiger charge is 2.54. The van der Waals surface area contributed by atoms with Crippen molar-refractivity contribution in [3.8, 4) is 0 Å². The van der Waals surface area contributed by atoms with Gasteiger partial charge in [-0.1, -0.05) is 24.3 Å². The van der Waals surface area contributed by atoms with Crippen molar-refractivity contribution in [2.24, 2.45) is 7.05 Å². The molecule has 1 atom stereocenters. The summed E-state index contributed by atoms with van der Waals surface area (Å²) in [7, 11) is 2.05. The van der Waals surface area contributed by atoms with Crippen LogP contribution in [-0.2, 0) is 17.4 Å². The summed E-state index contributed by atoms with van der Waals surface area (Å²) >= 11 is 0. The van der Waals surface area contributed by atoms with Crippen LogP contribution in [0.4, 0.5) is 0 Å². The predicted molar refractivity (Wildman–Crippen MR) is 124 cm³/mol. The van der Waals surface area contributed by atoms with Crippen molar-refractivity contribution in [2.45, 2.75) is 26.4 Å². The third-order valence-electron chi connectivity index (χ3n) is 7.09. The summed E-state index contributed by atoms with van der Waals surface area (Å²) in [5, 5.41) is 1.06. The Morgan fingerprint density at radius 1 is 0.906 bits per heavy atom. The van der Waals surface area contributed by atoms with Gasteiger partial charge in [0.1, 0.15) is 5.69 Å². The van der Waals surface area contributed by atoms with E-state index in [1.165, 1.54) is 5.56 Å². The van der Waals surface area contributed by atoms with Gasteiger partial charge in [-0.3, -0.25) is 4.98 Å². The number of carbonyl (C=O) groups is 1. The van der Waals surface area contributed by atoms with Crippen molar-refractivity contribution >= 4 is 22.4 Å². The Morgan fingerprint density at radius 3 is 2.50 bits per heavy atom. The zero-order chi connectivity index (χ0) is 22.2. The Balaban J connectivity index is 1.87. The first kappa shape index (κ1) is 18.9. The first-order valence-corrected chi connectivity index (χ1v) is 10.8. The second-order valence-corrected chi connectivity index (χ2v) is 8.56. The molecule has 32 heavy (non-hydrogen) atoms. The summed E-state index contributed by atoms with van der Waals surface area (Å²) < 4.78 is 10.8. The molecule has 1 aromatic carbocycles. The largest absolute Gasteiger partial charge is 0.437 e. The number of aryl methyl sites for hydroxylation is 2. The van der Waals surface area contributed by atoms with E-state index in [1.807, 2.05) is 36.5 Å². The predicted octanol–water partition coefficient (Wildman–Crippen LogP) is 5.21. The van der Waals surface area contributed by atoms with Crippen molar-refractivity contribution in [1.29, 1.82) is 0 Å². The van der Waals surface area contributed by atoms with E-state index in [9.17, 15) is 4.79 Å². The van der Waals surface area contributed by atoms with Crippen LogP contribution in [0, 0.1) is 20.8 Å². The number of esters is 1. The fourth-order valence-electron chi connectivity index (χ4n) is 5.43. The molecule has 5 aromatic rings. The van der Waals surface area contributed by atoms with Crippen LogP contribution in [-0.4, -0.2) is 19.9 Å². The molecule has 4 aromatic heterocycles. The number of rotatable bonds is 2. The maximum atomic E-state index is 13.3. The van der Waals surface area contributed by atoms with Gasteiger partial charge in [-0.2, -0.15) is 0 Å². The second kappa shape index (κ2) is 6.33. The lowest BCUT2D eigenvalue weighted by molar-refractivity contribution is 0.0228. The van der Waals surface area contributed by atoms with Crippen LogP contribution < -0.4 is 0 Å². The van der Waals surface area contributed by atoms with Gasteiger partial charge in [0.15, 0.2) is 0 Å². The molecule has 158 valence electrons. The topological polar surface area (TPSA) is 48.5 Å². The highest BCUT2D eigenvalue weighted by atomic mass is 16.6. The molecule has 0 radical (unpaired) electrons. The molecule has 0 amide bonds. The number of benzene rings is 1. The lowest BCUT2D eigenvalue weighted by Gasteiger charge is -2.30. The van der Waals surface area contributed by atoms with Gasteiger partial charge in [-0.05, 0) is 62.2 Å². The van der Waals surface area contributed by atoms with Crippen molar-refractivity contribution in [1.82, 2.24) is 14.0 Å². The summed E-state index contributed by atoms with van der Waals surface area (Å²) in [5.41, 5.74) is 7.39. The molecular weight excluding hydrogens is 398 g/mol. The van der Waals surface area contributed by atoms with E-state index in [2.05, 4.69) is 55.0 Å². The molecule has 0 N–H and O–H groups in total. The fraction of sp³-hybridized carbons (Fsp3) is 0.185. The average Bonchev–Trinajstić information content (AvgIpc) is 3.36. The molecule has 5 nitrogen and oxygen atoms in total. The number of aromatic nitrogens is 3. The molecule has 1 aliphatic rings. The molecule has 0 bridgehead atoms. The molecule has 5 heterocycles. The van der Waals surface area contributed by atoms with E-state index in [0.717, 1.165) is 38.9 Å². The number of pyridine rings is 2. The quantitative estimate of drug-likeness (QED) is 0.368. The lowest BCUT2D eigenvalue weighted by Crippen LogP contribution is -2.33. The van der Waals surface area contributed by atoms with Crippen LogP contribution in [0.3, 0.4) is 0 Å². The molecule has 0 aliphatic carbocycles. The summed E-state index contributed by atoms with van der Waals surface area (Å²) in [4.78, 5) is 18.0. The van der Waals surface area contributed by atoms with Crippen LogP contribution in [0.15, 0.2) is 67.0 Å². The Morgan fingerprint density at radius 2 is 1.66 bits per heavy atom. The van der Waals surface area contributed by atoms with Crippen LogP contribution in [0.2, 0.25) is 0 Å². The second-order valence-electron chi connectivity index (χ2n) is 8.56. The maximum absolute atomic E-state index is 13.3. The normalized spacial score (nSPS) is 17.8. The van der Waals surface area contributed by atoms with Gasteiger partial charge in [0.25, 0.3) is 0 Å². The molecule has 6 rings (SSSR count). The molecule has 1 aliphatic heterocycles. The van der Waals surface area contributed by atoms with E-state index in [-0.39, 0.29) is 5.97 Å². The van der Waals surface area contributed by atoms with Gasteiger partial charge in [0, 0.05) is 47.1 Å². The van der Waals surface area contributed by atoms with Crippen molar-refractivity contribution in [3.63, 3.8) is 0 Å². The van der Waals surface area contributed by atoms with Crippen LogP contribution in [0.5, 0.6) is 0 Å². The SMILES string of the molecule is Cc1c(C)c2ccccn2c1C1(c2c(C)n(C)c3ccccc23)OC(=O)c2cccnc21. The van der Waals surface area contributed by atoms with Gasteiger partial charge in [-0.15, -0.1) is 0 Å². The number of carbonyl (C=O) groups excluding carboxylic acids is 1. The average molecular weight is 422 g/mol. The minimum atomic E-state index is -1.15. The molecule has 0 spiro atoms. The first-order valence-electron chi connectivity index (χ1n) is 10.8. The molecule has 0 saturated carbocycles. The lowest BCUT2D eigenvalue weighted by atomic mass is 9.82. The van der Waals surface area contributed by atoms with Crippen molar-refractivity contribution in [2.75, 3.05) is 0 Å². The Kier molecular flexibility index (Phi) is 3.73. The molecule has 1 unspecified atom stereocenters. The van der Waals surface area contributed by atoms with E-state index in [0.29, 0.717) is 11.3 Å². The van der Waals surface area contributed by atoms with Crippen molar-refractivity contribution in [3.05, 3.63) is 106 Å². The zero-order valence-corrected chi connectivity index (χ0v) is 18.5. The number of cyclic esters (lactones) is 1. The molecule has 0 saturated heterocycles. The third kappa shape index (κ3) is 2.13. The number of nitrogens with zero attached hydrogens (tertiary/aromatic N) is 3. The zero-order valence-electron chi connectivity index (χ0n) is 18.5. The van der Waals surface area contributed by atoms with Gasteiger partial charge in [0.2, 0.25) is 5.60 Å². The minimum absolute atomic E-state index is 0.344. The number of hydrogen-bond acceptors (Lipinski definition) is 3. The standard InChI is InChI=1S/C27H23N3O2/c1-16-17(2)25(30-15-8-7-12-21(16)30)27(24-20(26(31)32-27)11-9-14-28-24)23-18(3)29(4)22-13-6-5-10-19(22)23/h5-15H,1-4H3. The Bertz CT molecular complexity index is 1490. The van der Waals surface area contributed by atoms with Crippen molar-refractivity contribution < 1.29 is 9.53 Å². The molecule has 5 heteroatoms. The van der Waals surface area contributed by atoms with Crippen LogP contribution >= 0.6 is 0 Å². The minimum Gasteiger partial charge on any atom is -0.437 e. The summed E-state index contributed by atoms with van der Waals surface area (Å²) in [6.07, 6.45) is 3.79. The Labute approximate surface area is 185 Å². The summed E-state index contributed by atoms with van der Waals surface area (Å²) in [6, 6.07) is 18.0. The van der Waals surface area contributed by atoms with Gasteiger partial charge in [-0.25, -0.2) is 4.79 Å². The monoisotopic (exact) mass is 421 g/mol. The fourth-order valence-corrected chi connectivity index (χ4v) is 5.43. The summed E-state index contributed by atoms with van der Waals surface area (Å²) in [5.74, 6) is -0.344. The number of ether oxygens (including phenoxy) is 1. The molecular formula is C27H23N3O2. The van der Waals surface area contributed by atoms with Gasteiger partial charge in [0.05, 0.1) is 11.3 Å². The number of para-hydroxylation sites is 1. The summed E-state index contributed by atoms with van der Waals surface area (Å²) in [6.45, 7) is 6.31. The molecule has 0 fully saturated rings. The third-order valence-corrected chi connectivity index (χ3v) is 7.09. The smallest absolute Gasteiger partial charge is 0.341 e. The van der Waals surface area contributed by atoms with Gasteiger partial charge >= 0.3 is 5.97 Å². The first-order chi connectivity index (χ1) is 15.5. The number of fused-ring (bicyclic) bond motifs is 3. The van der Waals surface area contributed by atoms with E-state index in [1.54, 1.807) is 12.3 Å². The Hall–Kier alpha value is -3.86. The van der Waals surface area contributed by atoms with E-state index >= 15 is 0 Å². The van der Waals surface area contributed by atoms with Crippen LogP contribution in [0.25, 0.3) is 16.4 Å². The van der Waals surface area contributed by atoms with E-state index < -0.39 is 5.60 Å². The highest BCUT2D eigenvalue weighted by molar-refractivity contribution is 5.98. The van der Waals surface area contributed by atoms with Crippen LogP contribution in [0.1, 0.15) is 44.1 Å². The van der Waals surface area contributed by atoms with E-state index in [4.69, 9.17) is 9.72 Å². The number of hydrogen-bond donors (Lipinski definition) is 0. The maximum Gasteiger partial charge on any atom is 0.341 e. The highest BCUT2D eigenvalue weighted by Crippen LogP contribution is 2.51. The van der Waals surface area contributed by atoms with Gasteiger partial charge < -0.3 is 13.7 Å².